The number of aliphatic hydroxyl groups excluding tert-OH is 1. The summed E-state index contributed by atoms with van der Waals surface area (Å²) in [6.45, 7) is -0.738. The summed E-state index contributed by atoms with van der Waals surface area (Å²) in [7, 11) is 0. The van der Waals surface area contributed by atoms with Gasteiger partial charge in [-0.25, -0.2) is 0 Å². The van der Waals surface area contributed by atoms with Crippen molar-refractivity contribution in [2.45, 2.75) is 50.2 Å². The zero-order chi connectivity index (χ0) is 23.8. The number of rotatable bonds is 16. The maximum atomic E-state index is 12.6. The highest BCUT2D eigenvalue weighted by atomic mass is 16.4. The zero-order valence-electron chi connectivity index (χ0n) is 17.4. The third-order valence-corrected chi connectivity index (χ3v) is 4.11. The maximum absolute atomic E-state index is 12.6. The van der Waals surface area contributed by atoms with Gasteiger partial charge in [0, 0.05) is 6.54 Å². The highest BCUT2D eigenvalue weighted by Crippen LogP contribution is 2.04. The number of hydrogen-bond donors (Lipinski definition) is 9. The van der Waals surface area contributed by atoms with E-state index >= 15 is 0 Å². The van der Waals surface area contributed by atoms with Crippen LogP contribution in [-0.4, -0.2) is 84.2 Å². The molecule has 0 aromatic heterocycles. The molecule has 0 spiro atoms. The van der Waals surface area contributed by atoms with Crippen molar-refractivity contribution in [1.82, 2.24) is 16.0 Å². The second kappa shape index (κ2) is 15.8. The van der Waals surface area contributed by atoms with E-state index in [4.69, 9.17) is 28.0 Å². The van der Waals surface area contributed by atoms with Gasteiger partial charge in [0.15, 0.2) is 5.96 Å². The number of hydrogen-bond acceptors (Lipinski definition) is 8. The van der Waals surface area contributed by atoms with E-state index in [9.17, 15) is 24.3 Å². The Labute approximate surface area is 180 Å². The summed E-state index contributed by atoms with van der Waals surface area (Å²) in [6.07, 6.45) is 2.07. The molecule has 3 amide bonds. The molecule has 0 rings (SSSR count). The van der Waals surface area contributed by atoms with E-state index in [-0.39, 0.29) is 18.8 Å². The quantitative estimate of drug-likeness (QED) is 0.0624. The molecule has 14 nitrogen and oxygen atoms in total. The van der Waals surface area contributed by atoms with Crippen molar-refractivity contribution in [2.24, 2.45) is 27.9 Å². The number of nitrogens with one attached hydrogen (secondary N) is 3. The lowest BCUT2D eigenvalue weighted by Crippen LogP contribution is -2.57. The fourth-order valence-corrected chi connectivity index (χ4v) is 2.44. The Morgan fingerprint density at radius 2 is 1.55 bits per heavy atom. The number of aliphatic hydroxyl groups is 1. The minimum Gasteiger partial charge on any atom is -0.480 e. The van der Waals surface area contributed by atoms with Crippen molar-refractivity contribution in [3.63, 3.8) is 0 Å². The lowest BCUT2D eigenvalue weighted by Gasteiger charge is -2.23. The average Bonchev–Trinajstić information content (AvgIpc) is 2.71. The number of carboxylic acid groups (broad SMARTS) is 1. The van der Waals surface area contributed by atoms with Crippen LogP contribution in [0.4, 0.5) is 0 Å². The van der Waals surface area contributed by atoms with Crippen molar-refractivity contribution in [1.29, 1.82) is 0 Å². The first-order valence-corrected chi connectivity index (χ1v) is 9.84. The van der Waals surface area contributed by atoms with Gasteiger partial charge in [-0.15, -0.1) is 0 Å². The molecule has 3 unspecified atom stereocenters. The molecule has 0 aromatic rings. The van der Waals surface area contributed by atoms with E-state index in [2.05, 4.69) is 20.9 Å². The first kappa shape index (κ1) is 28.0. The molecule has 13 N–H and O–H groups in total. The maximum Gasteiger partial charge on any atom is 0.322 e. The van der Waals surface area contributed by atoms with Crippen molar-refractivity contribution in [3.05, 3.63) is 0 Å². The SMILES string of the molecule is NCCCCC(NC(=O)C(N)CCCN=C(N)N)C(=O)NC(CO)C(=O)NCC(=O)O. The topological polar surface area (TPSA) is 261 Å². The minimum absolute atomic E-state index is 0.0690. The van der Waals surface area contributed by atoms with Crippen LogP contribution < -0.4 is 38.9 Å². The van der Waals surface area contributed by atoms with Crippen LogP contribution in [0.1, 0.15) is 32.1 Å². The summed E-state index contributed by atoms with van der Waals surface area (Å²) < 4.78 is 0. The molecule has 0 radical (unpaired) electrons. The van der Waals surface area contributed by atoms with Gasteiger partial charge in [0.1, 0.15) is 18.6 Å². The van der Waals surface area contributed by atoms with Gasteiger partial charge >= 0.3 is 5.97 Å². The highest BCUT2D eigenvalue weighted by Gasteiger charge is 2.27. The molecule has 3 atom stereocenters. The van der Waals surface area contributed by atoms with E-state index in [0.717, 1.165) is 0 Å². The molecule has 0 bridgehead atoms. The minimum atomic E-state index is -1.38. The second-order valence-electron chi connectivity index (χ2n) is 6.76. The van der Waals surface area contributed by atoms with Gasteiger partial charge in [0.25, 0.3) is 0 Å². The molecule has 0 fully saturated rings. The smallest absolute Gasteiger partial charge is 0.322 e. The predicted molar refractivity (Wildman–Crippen MR) is 112 cm³/mol. The number of aliphatic imine (C=N–C) groups is 1. The number of aliphatic carboxylic acids is 1. The molecule has 0 aliphatic carbocycles. The van der Waals surface area contributed by atoms with Crippen LogP contribution in [0, 0.1) is 0 Å². The molecule has 0 aromatic carbocycles. The van der Waals surface area contributed by atoms with Gasteiger partial charge in [-0.1, -0.05) is 0 Å². The number of nitrogens with zero attached hydrogens (tertiary/aromatic N) is 1. The molecule has 178 valence electrons. The Hall–Kier alpha value is -2.97. The standard InChI is InChI=1S/C17H34N8O6/c18-6-2-1-5-11(24-14(29)10(19)4-3-7-22-17(20)21)16(31)25-12(9-26)15(30)23-8-13(27)28/h10-12,26H,1-9,18-19H2,(H,23,30)(H,24,29)(H,25,31)(H,27,28)(H4,20,21,22). The lowest BCUT2D eigenvalue weighted by molar-refractivity contribution is -0.139. The number of carbonyl (C=O) groups excluding carboxylic acids is 3. The summed E-state index contributed by atoms with van der Waals surface area (Å²) in [6, 6.07) is -3.32. The highest BCUT2D eigenvalue weighted by molar-refractivity contribution is 5.93. The number of carbonyl (C=O) groups is 4. The van der Waals surface area contributed by atoms with Crippen LogP contribution >= 0.6 is 0 Å². The summed E-state index contributed by atoms with van der Waals surface area (Å²) in [5.74, 6) is -3.52. The first-order chi connectivity index (χ1) is 14.6. The van der Waals surface area contributed by atoms with Crippen molar-refractivity contribution in [3.8, 4) is 0 Å². The lowest BCUT2D eigenvalue weighted by atomic mass is 10.1. The molecule has 14 heteroatoms. The fraction of sp³-hybridized carbons (Fsp3) is 0.706. The number of amides is 3. The summed E-state index contributed by atoms with van der Waals surface area (Å²) in [5, 5.41) is 24.9. The van der Waals surface area contributed by atoms with Crippen LogP contribution in [0.2, 0.25) is 0 Å². The summed E-state index contributed by atoms with van der Waals surface area (Å²) in [4.78, 5) is 51.2. The summed E-state index contributed by atoms with van der Waals surface area (Å²) >= 11 is 0. The number of nitrogens with two attached hydrogens (primary N) is 4. The van der Waals surface area contributed by atoms with Gasteiger partial charge in [-0.3, -0.25) is 24.2 Å². The van der Waals surface area contributed by atoms with E-state index in [1.54, 1.807) is 0 Å². The van der Waals surface area contributed by atoms with E-state index in [1.165, 1.54) is 0 Å². The van der Waals surface area contributed by atoms with Crippen molar-refractivity contribution in [2.75, 3.05) is 26.2 Å². The van der Waals surface area contributed by atoms with Crippen molar-refractivity contribution < 1.29 is 29.4 Å². The van der Waals surface area contributed by atoms with E-state index < -0.39 is 55.0 Å². The van der Waals surface area contributed by atoms with Crippen LogP contribution in [0.5, 0.6) is 0 Å². The molecule has 0 heterocycles. The Kier molecular flexibility index (Phi) is 14.3. The molecular weight excluding hydrogens is 412 g/mol. The largest absolute Gasteiger partial charge is 0.480 e. The van der Waals surface area contributed by atoms with Gasteiger partial charge in [-0.05, 0) is 38.6 Å². The second-order valence-corrected chi connectivity index (χ2v) is 6.76. The van der Waals surface area contributed by atoms with Gasteiger partial charge in [0.05, 0.1) is 12.6 Å². The predicted octanol–water partition coefficient (Wildman–Crippen LogP) is -4.34. The molecule has 0 aliphatic rings. The number of guanidine groups is 1. The van der Waals surface area contributed by atoms with Crippen LogP contribution in [0.25, 0.3) is 0 Å². The molecule has 31 heavy (non-hydrogen) atoms. The Morgan fingerprint density at radius 3 is 2.10 bits per heavy atom. The Bertz CT molecular complexity index is 626. The number of unbranched alkanes of at least 4 members (excludes halogenated alkanes) is 1. The molecule has 0 aliphatic heterocycles. The molecular formula is C17H34N8O6. The van der Waals surface area contributed by atoms with Crippen LogP contribution in [0.15, 0.2) is 4.99 Å². The Balaban J connectivity index is 4.94. The average molecular weight is 447 g/mol. The summed E-state index contributed by atoms with van der Waals surface area (Å²) in [5.41, 5.74) is 21.7. The van der Waals surface area contributed by atoms with Gasteiger partial charge in [-0.2, -0.15) is 0 Å². The third-order valence-electron chi connectivity index (χ3n) is 4.11. The number of carboxylic acids is 1. The fourth-order valence-electron chi connectivity index (χ4n) is 2.44. The third kappa shape index (κ3) is 13.0. The normalized spacial score (nSPS) is 13.4. The van der Waals surface area contributed by atoms with Gasteiger partial charge in [0.2, 0.25) is 17.7 Å². The first-order valence-electron chi connectivity index (χ1n) is 9.84. The van der Waals surface area contributed by atoms with Crippen LogP contribution in [-0.2, 0) is 19.2 Å². The van der Waals surface area contributed by atoms with Crippen molar-refractivity contribution >= 4 is 29.7 Å². The Morgan fingerprint density at radius 1 is 0.903 bits per heavy atom. The van der Waals surface area contributed by atoms with E-state index in [0.29, 0.717) is 32.4 Å². The molecule has 0 saturated heterocycles. The van der Waals surface area contributed by atoms with Crippen LogP contribution in [0.3, 0.4) is 0 Å². The zero-order valence-corrected chi connectivity index (χ0v) is 17.4. The monoisotopic (exact) mass is 446 g/mol. The van der Waals surface area contributed by atoms with E-state index in [1.807, 2.05) is 0 Å². The molecule has 0 saturated carbocycles. The van der Waals surface area contributed by atoms with Gasteiger partial charge < -0.3 is 49.1 Å².